The van der Waals surface area contributed by atoms with Crippen LogP contribution >= 0.6 is 27.5 Å². The predicted molar refractivity (Wildman–Crippen MR) is 73.5 cm³/mol. The molecule has 0 amide bonds. The number of nitrogens with one attached hydrogen (secondary N) is 1. The number of aromatic nitrogens is 3. The van der Waals surface area contributed by atoms with Crippen molar-refractivity contribution in [2.45, 2.75) is 0 Å². The molecule has 0 saturated carbocycles. The molecule has 0 bridgehead atoms. The molecule has 0 radical (unpaired) electrons. The zero-order chi connectivity index (χ0) is 13.8. The molecule has 0 unspecified atom stereocenters. The number of ether oxygens (including phenoxy) is 1. The number of nitrogens with zero attached hydrogens (tertiary/aromatic N) is 4. The lowest BCUT2D eigenvalue weighted by molar-refractivity contribution is 0.379. The molecule has 0 atom stereocenters. The number of benzene rings is 1. The smallest absolute Gasteiger partial charge is 0.322 e. The Hall–Kier alpha value is -1.91. The van der Waals surface area contributed by atoms with Crippen LogP contribution < -0.4 is 10.1 Å². The lowest BCUT2D eigenvalue weighted by atomic mass is 10.2. The molecule has 0 saturated heterocycles. The second-order valence-electron chi connectivity index (χ2n) is 3.34. The van der Waals surface area contributed by atoms with Gasteiger partial charge in [-0.25, -0.2) is 0 Å². The van der Waals surface area contributed by atoms with Crippen molar-refractivity contribution < 1.29 is 4.74 Å². The normalized spacial score (nSPS) is 9.79. The number of hydrogen-bond donors (Lipinski definition) is 1. The highest BCUT2D eigenvalue weighted by atomic mass is 79.9. The zero-order valence-electron chi connectivity index (χ0n) is 9.69. The van der Waals surface area contributed by atoms with E-state index in [1.807, 2.05) is 0 Å². The molecule has 19 heavy (non-hydrogen) atoms. The summed E-state index contributed by atoms with van der Waals surface area (Å²) in [4.78, 5) is 11.7. The first-order valence-electron chi connectivity index (χ1n) is 5.04. The first kappa shape index (κ1) is 13.5. The van der Waals surface area contributed by atoms with E-state index in [0.717, 1.165) is 4.47 Å². The van der Waals surface area contributed by atoms with Gasteiger partial charge in [-0.2, -0.15) is 20.2 Å². The fraction of sp³-hybridized carbons (Fsp3) is 0.0909. The Kier molecular flexibility index (Phi) is 4.14. The summed E-state index contributed by atoms with van der Waals surface area (Å²) in [6.45, 7) is 0. The van der Waals surface area contributed by atoms with E-state index in [-0.39, 0.29) is 17.2 Å². The molecule has 0 aliphatic rings. The molecule has 8 heteroatoms. The van der Waals surface area contributed by atoms with Crippen LogP contribution in [0.15, 0.2) is 22.7 Å². The van der Waals surface area contributed by atoms with Crippen LogP contribution in [-0.4, -0.2) is 22.1 Å². The molecule has 2 aromatic rings. The van der Waals surface area contributed by atoms with E-state index in [1.165, 1.54) is 7.11 Å². The summed E-state index contributed by atoms with van der Waals surface area (Å²) in [5, 5.41) is 11.9. The molecule has 1 N–H and O–H groups in total. The van der Waals surface area contributed by atoms with Crippen LogP contribution in [0.3, 0.4) is 0 Å². The van der Waals surface area contributed by atoms with E-state index in [9.17, 15) is 0 Å². The molecule has 1 aromatic heterocycles. The van der Waals surface area contributed by atoms with Gasteiger partial charge in [0.15, 0.2) is 0 Å². The Morgan fingerprint density at radius 3 is 2.84 bits per heavy atom. The van der Waals surface area contributed by atoms with Crippen molar-refractivity contribution in [3.63, 3.8) is 0 Å². The molecule has 0 aliphatic heterocycles. The maximum atomic E-state index is 9.03. The average molecular weight is 341 g/mol. The van der Waals surface area contributed by atoms with Crippen LogP contribution in [0.1, 0.15) is 5.56 Å². The molecule has 0 aliphatic carbocycles. The Morgan fingerprint density at radius 2 is 2.16 bits per heavy atom. The number of anilines is 2. The van der Waals surface area contributed by atoms with Gasteiger partial charge in [0.2, 0.25) is 11.2 Å². The number of nitriles is 1. The largest absolute Gasteiger partial charge is 0.467 e. The Balaban J connectivity index is 2.38. The maximum absolute atomic E-state index is 9.03. The molecule has 96 valence electrons. The SMILES string of the molecule is COc1nc(Cl)nc(Nc2cc(Br)ccc2C#N)n1. The van der Waals surface area contributed by atoms with Crippen molar-refractivity contribution in [3.8, 4) is 12.1 Å². The highest BCUT2D eigenvalue weighted by Crippen LogP contribution is 2.24. The van der Waals surface area contributed by atoms with Gasteiger partial charge in [-0.3, -0.25) is 0 Å². The average Bonchev–Trinajstić information content (AvgIpc) is 2.38. The van der Waals surface area contributed by atoms with E-state index in [1.54, 1.807) is 18.2 Å². The molecular formula is C11H7BrClN5O. The zero-order valence-corrected chi connectivity index (χ0v) is 12.0. The third kappa shape index (κ3) is 3.30. The van der Waals surface area contributed by atoms with Crippen LogP contribution in [0, 0.1) is 11.3 Å². The van der Waals surface area contributed by atoms with Crippen LogP contribution in [0.4, 0.5) is 11.6 Å². The van der Waals surface area contributed by atoms with Crippen molar-refractivity contribution >= 4 is 39.2 Å². The minimum absolute atomic E-state index is 0.00264. The second-order valence-corrected chi connectivity index (χ2v) is 4.60. The highest BCUT2D eigenvalue weighted by Gasteiger charge is 2.08. The summed E-state index contributed by atoms with van der Waals surface area (Å²) in [6.07, 6.45) is 0. The first-order valence-corrected chi connectivity index (χ1v) is 6.21. The fourth-order valence-corrected chi connectivity index (χ4v) is 1.83. The van der Waals surface area contributed by atoms with E-state index in [0.29, 0.717) is 11.3 Å². The van der Waals surface area contributed by atoms with Crippen molar-refractivity contribution in [3.05, 3.63) is 33.5 Å². The summed E-state index contributed by atoms with van der Waals surface area (Å²) in [6, 6.07) is 7.34. The van der Waals surface area contributed by atoms with Crippen LogP contribution in [0.5, 0.6) is 6.01 Å². The summed E-state index contributed by atoms with van der Waals surface area (Å²) in [7, 11) is 1.43. The van der Waals surface area contributed by atoms with Gasteiger partial charge in [-0.15, -0.1) is 0 Å². The van der Waals surface area contributed by atoms with Crippen molar-refractivity contribution in [1.82, 2.24) is 15.0 Å². The number of rotatable bonds is 3. The van der Waals surface area contributed by atoms with Crippen LogP contribution in [0.2, 0.25) is 5.28 Å². The Labute approximate surface area is 122 Å². The highest BCUT2D eigenvalue weighted by molar-refractivity contribution is 9.10. The third-order valence-electron chi connectivity index (χ3n) is 2.12. The molecular weight excluding hydrogens is 334 g/mol. The van der Waals surface area contributed by atoms with Gasteiger partial charge in [-0.1, -0.05) is 15.9 Å². The topological polar surface area (TPSA) is 83.7 Å². The molecule has 0 fully saturated rings. The second kappa shape index (κ2) is 5.82. The lowest BCUT2D eigenvalue weighted by Crippen LogP contribution is -2.02. The third-order valence-corrected chi connectivity index (χ3v) is 2.78. The molecule has 6 nitrogen and oxygen atoms in total. The lowest BCUT2D eigenvalue weighted by Gasteiger charge is -2.08. The molecule has 0 spiro atoms. The number of halogens is 2. The number of methoxy groups -OCH3 is 1. The fourth-order valence-electron chi connectivity index (χ4n) is 1.32. The minimum atomic E-state index is 0.00264. The molecule has 1 heterocycles. The summed E-state index contributed by atoms with van der Waals surface area (Å²) >= 11 is 9.07. The van der Waals surface area contributed by atoms with E-state index in [4.69, 9.17) is 21.6 Å². The van der Waals surface area contributed by atoms with Gasteiger partial charge in [-0.05, 0) is 29.8 Å². The van der Waals surface area contributed by atoms with Crippen LogP contribution in [-0.2, 0) is 0 Å². The van der Waals surface area contributed by atoms with Crippen LogP contribution in [0.25, 0.3) is 0 Å². The van der Waals surface area contributed by atoms with Gasteiger partial charge in [0.1, 0.15) is 6.07 Å². The predicted octanol–water partition coefficient (Wildman–Crippen LogP) is 2.91. The Bertz CT molecular complexity index is 658. The Morgan fingerprint density at radius 1 is 1.37 bits per heavy atom. The van der Waals surface area contributed by atoms with Gasteiger partial charge < -0.3 is 10.1 Å². The van der Waals surface area contributed by atoms with Gasteiger partial charge in [0, 0.05) is 4.47 Å². The van der Waals surface area contributed by atoms with Crippen molar-refractivity contribution in [2.24, 2.45) is 0 Å². The molecule has 1 aromatic carbocycles. The minimum Gasteiger partial charge on any atom is -0.467 e. The summed E-state index contributed by atoms with van der Waals surface area (Å²) < 4.78 is 5.71. The standard InChI is InChI=1S/C11H7BrClN5O/c1-19-11-17-9(13)16-10(18-11)15-8-4-7(12)3-2-6(8)5-14/h2-4H,1H3,(H,15,16,17,18). The van der Waals surface area contributed by atoms with E-state index < -0.39 is 0 Å². The summed E-state index contributed by atoms with van der Waals surface area (Å²) in [5.41, 5.74) is 1.01. The van der Waals surface area contributed by atoms with Crippen molar-refractivity contribution in [1.29, 1.82) is 5.26 Å². The van der Waals surface area contributed by atoms with Gasteiger partial charge in [0.25, 0.3) is 0 Å². The quantitative estimate of drug-likeness (QED) is 0.925. The van der Waals surface area contributed by atoms with Crippen molar-refractivity contribution in [2.75, 3.05) is 12.4 Å². The summed E-state index contributed by atoms with van der Waals surface area (Å²) in [5.74, 6) is 0.200. The van der Waals surface area contributed by atoms with E-state index in [2.05, 4.69) is 42.3 Å². The van der Waals surface area contributed by atoms with Gasteiger partial charge in [0.05, 0.1) is 18.4 Å². The molecule has 2 rings (SSSR count). The number of hydrogen-bond acceptors (Lipinski definition) is 6. The monoisotopic (exact) mass is 339 g/mol. The first-order chi connectivity index (χ1) is 9.12. The van der Waals surface area contributed by atoms with Gasteiger partial charge >= 0.3 is 6.01 Å². The van der Waals surface area contributed by atoms with E-state index >= 15 is 0 Å². The maximum Gasteiger partial charge on any atom is 0.322 e.